The van der Waals surface area contributed by atoms with Crippen LogP contribution in [0.2, 0.25) is 0 Å². The van der Waals surface area contributed by atoms with E-state index in [1.165, 1.54) is 4.90 Å². The van der Waals surface area contributed by atoms with Crippen LogP contribution < -0.4 is 5.32 Å². The number of amides is 2. The lowest BCUT2D eigenvalue weighted by atomic mass is 9.89. The van der Waals surface area contributed by atoms with Crippen molar-refractivity contribution in [3.05, 3.63) is 41.5 Å². The zero-order chi connectivity index (χ0) is 15.7. The van der Waals surface area contributed by atoms with Gasteiger partial charge in [-0.2, -0.15) is 4.98 Å². The van der Waals surface area contributed by atoms with Crippen LogP contribution in [0.15, 0.2) is 28.8 Å². The molecule has 0 aliphatic carbocycles. The number of carbonyl (C=O) groups is 2. The van der Waals surface area contributed by atoms with Crippen molar-refractivity contribution in [3.63, 3.8) is 0 Å². The van der Waals surface area contributed by atoms with Gasteiger partial charge in [0.15, 0.2) is 5.82 Å². The Kier molecular flexibility index (Phi) is 3.62. The highest BCUT2D eigenvalue weighted by atomic mass is 16.5. The average molecular weight is 300 g/mol. The fourth-order valence-electron chi connectivity index (χ4n) is 2.59. The number of aromatic nitrogens is 2. The number of aryl methyl sites for hydroxylation is 1. The van der Waals surface area contributed by atoms with Crippen LogP contribution in [0.5, 0.6) is 0 Å². The second kappa shape index (κ2) is 5.59. The number of nitrogens with one attached hydrogen (secondary N) is 1. The third-order valence-electron chi connectivity index (χ3n) is 3.62. The zero-order valence-electron chi connectivity index (χ0n) is 12.4. The number of hydrogen-bond donors (Lipinski definition) is 1. The summed E-state index contributed by atoms with van der Waals surface area (Å²) in [6.45, 7) is 1.94. The number of rotatable bonds is 3. The molecule has 1 aliphatic rings. The van der Waals surface area contributed by atoms with Gasteiger partial charge in [-0.25, -0.2) is 0 Å². The molecule has 7 heteroatoms. The first-order chi connectivity index (χ1) is 10.5. The lowest BCUT2D eigenvalue weighted by Crippen LogP contribution is -2.36. The molecule has 2 amide bonds. The van der Waals surface area contributed by atoms with Crippen LogP contribution in [-0.4, -0.2) is 33.9 Å². The minimum absolute atomic E-state index is 0.134. The number of likely N-dealkylation sites (N-methyl/N-ethyl adjacent to an activating group) is 1. The summed E-state index contributed by atoms with van der Waals surface area (Å²) in [7, 11) is 1.67. The zero-order valence-corrected chi connectivity index (χ0v) is 12.4. The second-order valence-corrected chi connectivity index (χ2v) is 5.32. The van der Waals surface area contributed by atoms with E-state index in [1.807, 2.05) is 18.2 Å². The van der Waals surface area contributed by atoms with Crippen molar-refractivity contribution in [2.24, 2.45) is 0 Å². The van der Waals surface area contributed by atoms with Gasteiger partial charge in [0.25, 0.3) is 0 Å². The molecule has 22 heavy (non-hydrogen) atoms. The molecule has 1 aliphatic heterocycles. The monoisotopic (exact) mass is 300 g/mol. The highest BCUT2D eigenvalue weighted by Gasteiger charge is 2.32. The molecule has 0 spiro atoms. The number of hydrogen-bond acceptors (Lipinski definition) is 5. The molecule has 0 radical (unpaired) electrons. The average Bonchev–Trinajstić information content (AvgIpc) is 2.90. The molecule has 1 unspecified atom stereocenters. The van der Waals surface area contributed by atoms with Gasteiger partial charge in [-0.1, -0.05) is 23.4 Å². The molecule has 0 bridgehead atoms. The Morgan fingerprint density at radius 2 is 2.23 bits per heavy atom. The first-order valence-corrected chi connectivity index (χ1v) is 6.97. The third kappa shape index (κ3) is 2.69. The SMILES string of the molecule is Cc1nc(CN(C)C(=O)C2CC(=O)Nc3ccccc32)no1. The van der Waals surface area contributed by atoms with Crippen LogP contribution >= 0.6 is 0 Å². The van der Waals surface area contributed by atoms with Crippen LogP contribution in [0, 0.1) is 6.92 Å². The predicted molar refractivity (Wildman–Crippen MR) is 77.9 cm³/mol. The van der Waals surface area contributed by atoms with Gasteiger partial charge < -0.3 is 14.7 Å². The number of benzene rings is 1. The Morgan fingerprint density at radius 1 is 1.45 bits per heavy atom. The molecule has 3 rings (SSSR count). The molecule has 1 aromatic carbocycles. The molecule has 1 atom stereocenters. The molecule has 0 saturated heterocycles. The molecule has 7 nitrogen and oxygen atoms in total. The Labute approximate surface area is 127 Å². The van der Waals surface area contributed by atoms with Crippen LogP contribution in [-0.2, 0) is 16.1 Å². The summed E-state index contributed by atoms with van der Waals surface area (Å²) in [6.07, 6.45) is 0.144. The molecule has 114 valence electrons. The predicted octanol–water partition coefficient (Wildman–Crippen LogP) is 1.46. The molecule has 1 aromatic heterocycles. The molecule has 2 aromatic rings. The smallest absolute Gasteiger partial charge is 0.230 e. The van der Waals surface area contributed by atoms with Gasteiger partial charge in [0.1, 0.15) is 0 Å². The number of carbonyl (C=O) groups excluding carboxylic acids is 2. The van der Waals surface area contributed by atoms with E-state index in [-0.39, 0.29) is 24.8 Å². The molecule has 0 saturated carbocycles. The van der Waals surface area contributed by atoms with Gasteiger partial charge in [-0.05, 0) is 11.6 Å². The lowest BCUT2D eigenvalue weighted by Gasteiger charge is -2.28. The van der Waals surface area contributed by atoms with Crippen LogP contribution in [0.25, 0.3) is 0 Å². The molecular weight excluding hydrogens is 284 g/mol. The van der Waals surface area contributed by atoms with Crippen molar-refractivity contribution in [1.82, 2.24) is 15.0 Å². The lowest BCUT2D eigenvalue weighted by molar-refractivity contribution is -0.134. The summed E-state index contributed by atoms with van der Waals surface area (Å²) in [5.74, 6) is 0.133. The van der Waals surface area contributed by atoms with Crippen LogP contribution in [0.4, 0.5) is 5.69 Å². The van der Waals surface area contributed by atoms with Crippen LogP contribution in [0.1, 0.15) is 29.6 Å². The maximum Gasteiger partial charge on any atom is 0.230 e. The Balaban J connectivity index is 1.81. The largest absolute Gasteiger partial charge is 0.340 e. The van der Waals surface area contributed by atoms with Crippen molar-refractivity contribution in [1.29, 1.82) is 0 Å². The summed E-state index contributed by atoms with van der Waals surface area (Å²) in [5, 5.41) is 6.57. The normalized spacial score (nSPS) is 16.8. The highest BCUT2D eigenvalue weighted by molar-refractivity contribution is 6.01. The number of nitrogens with zero attached hydrogens (tertiary/aromatic N) is 3. The maximum atomic E-state index is 12.7. The quantitative estimate of drug-likeness (QED) is 0.927. The fourth-order valence-corrected chi connectivity index (χ4v) is 2.59. The Morgan fingerprint density at radius 3 is 2.95 bits per heavy atom. The summed E-state index contributed by atoms with van der Waals surface area (Å²) >= 11 is 0. The summed E-state index contributed by atoms with van der Waals surface area (Å²) < 4.78 is 4.90. The van der Waals surface area contributed by atoms with E-state index in [1.54, 1.807) is 20.0 Å². The summed E-state index contributed by atoms with van der Waals surface area (Å²) in [6, 6.07) is 7.36. The van der Waals surface area contributed by atoms with Crippen molar-refractivity contribution >= 4 is 17.5 Å². The standard InChI is InChI=1S/C15H16N4O3/c1-9-16-13(18-22-9)8-19(2)15(21)11-7-14(20)17-12-6-4-3-5-10(11)12/h3-6,11H,7-8H2,1-2H3,(H,17,20). The van der Waals surface area contributed by atoms with Gasteiger partial charge in [0.2, 0.25) is 17.7 Å². The topological polar surface area (TPSA) is 88.3 Å². The van der Waals surface area contributed by atoms with Crippen molar-refractivity contribution in [3.8, 4) is 0 Å². The Hall–Kier alpha value is -2.70. The maximum absolute atomic E-state index is 12.7. The van der Waals surface area contributed by atoms with Gasteiger partial charge in [0.05, 0.1) is 12.5 Å². The van der Waals surface area contributed by atoms with Gasteiger partial charge >= 0.3 is 0 Å². The van der Waals surface area contributed by atoms with Gasteiger partial charge in [-0.15, -0.1) is 0 Å². The molecule has 2 heterocycles. The molecule has 0 fully saturated rings. The van der Waals surface area contributed by atoms with Crippen LogP contribution in [0.3, 0.4) is 0 Å². The number of anilines is 1. The molecular formula is C15H16N4O3. The third-order valence-corrected chi connectivity index (χ3v) is 3.62. The van der Waals surface area contributed by atoms with Crippen molar-refractivity contribution in [2.45, 2.75) is 25.8 Å². The van der Waals surface area contributed by atoms with E-state index in [4.69, 9.17) is 4.52 Å². The van der Waals surface area contributed by atoms with Gasteiger partial charge in [0, 0.05) is 26.1 Å². The van der Waals surface area contributed by atoms with E-state index in [0.717, 1.165) is 5.56 Å². The van der Waals surface area contributed by atoms with E-state index in [0.29, 0.717) is 17.4 Å². The van der Waals surface area contributed by atoms with Gasteiger partial charge in [-0.3, -0.25) is 9.59 Å². The number of fused-ring (bicyclic) bond motifs is 1. The first-order valence-electron chi connectivity index (χ1n) is 6.97. The summed E-state index contributed by atoms with van der Waals surface area (Å²) in [5.41, 5.74) is 1.53. The van der Waals surface area contributed by atoms with Crippen molar-refractivity contribution < 1.29 is 14.1 Å². The Bertz CT molecular complexity index is 725. The molecule has 1 N–H and O–H groups in total. The van der Waals surface area contributed by atoms with E-state index in [9.17, 15) is 9.59 Å². The number of para-hydroxylation sites is 1. The van der Waals surface area contributed by atoms with Crippen molar-refractivity contribution in [2.75, 3.05) is 12.4 Å². The highest BCUT2D eigenvalue weighted by Crippen LogP contribution is 2.33. The van der Waals surface area contributed by atoms with E-state index in [2.05, 4.69) is 15.5 Å². The first kappa shape index (κ1) is 14.2. The summed E-state index contributed by atoms with van der Waals surface area (Å²) in [4.78, 5) is 30.1. The minimum atomic E-state index is -0.483. The van der Waals surface area contributed by atoms with E-state index < -0.39 is 5.92 Å². The second-order valence-electron chi connectivity index (χ2n) is 5.32. The minimum Gasteiger partial charge on any atom is -0.340 e. The van der Waals surface area contributed by atoms with E-state index >= 15 is 0 Å². The fraction of sp³-hybridized carbons (Fsp3) is 0.333.